The number of rotatable bonds is 7. The number of aromatic nitrogens is 4. The second-order valence-electron chi connectivity index (χ2n) is 6.06. The van der Waals surface area contributed by atoms with Crippen molar-refractivity contribution < 1.29 is 22.7 Å². The summed E-state index contributed by atoms with van der Waals surface area (Å²) in [5.74, 6) is 0.746. The first kappa shape index (κ1) is 20.9. The van der Waals surface area contributed by atoms with Gasteiger partial charge in [0, 0.05) is 25.0 Å². The van der Waals surface area contributed by atoms with Crippen molar-refractivity contribution in [3.05, 3.63) is 54.4 Å². The number of anilines is 2. The van der Waals surface area contributed by atoms with E-state index in [4.69, 9.17) is 0 Å². The number of benzene rings is 1. The minimum atomic E-state index is -4.76. The van der Waals surface area contributed by atoms with Gasteiger partial charge in [-0.2, -0.15) is 5.10 Å². The molecule has 0 bridgehead atoms. The summed E-state index contributed by atoms with van der Waals surface area (Å²) in [6, 6.07) is 9.67. The molecule has 3 N–H and O–H groups in total. The van der Waals surface area contributed by atoms with Gasteiger partial charge in [0.15, 0.2) is 5.82 Å². The number of alkyl halides is 3. The smallest absolute Gasteiger partial charge is 0.406 e. The first-order valence-electron chi connectivity index (χ1n) is 8.79. The van der Waals surface area contributed by atoms with Gasteiger partial charge in [-0.15, -0.1) is 23.4 Å². The number of aryl methyl sites for hydroxylation is 1. The average molecular weight is 421 g/mol. The first-order chi connectivity index (χ1) is 14.3. The molecule has 158 valence electrons. The standard InChI is InChI=1S/C18H18F3N7O2/c1-12-8-11-28(27-12)16-7-6-15(25-26-16)22-9-10-23-17(29)24-13-2-4-14(5-3-13)30-18(19,20)21/h2-8,11H,9-10H2,1H3,(H,22,25)(H2,23,24,29). The van der Waals surface area contributed by atoms with Crippen LogP contribution in [0.25, 0.3) is 5.82 Å². The van der Waals surface area contributed by atoms with Gasteiger partial charge in [0.25, 0.3) is 0 Å². The Labute approximate surface area is 169 Å². The highest BCUT2D eigenvalue weighted by atomic mass is 19.4. The average Bonchev–Trinajstić information content (AvgIpc) is 3.12. The van der Waals surface area contributed by atoms with Gasteiger partial charge in [0.05, 0.1) is 5.69 Å². The van der Waals surface area contributed by atoms with Gasteiger partial charge in [0.1, 0.15) is 11.6 Å². The van der Waals surface area contributed by atoms with E-state index in [1.165, 1.54) is 12.1 Å². The van der Waals surface area contributed by atoms with Gasteiger partial charge in [-0.3, -0.25) is 0 Å². The summed E-state index contributed by atoms with van der Waals surface area (Å²) in [5, 5.41) is 20.5. The van der Waals surface area contributed by atoms with E-state index in [9.17, 15) is 18.0 Å². The third-order valence-electron chi connectivity index (χ3n) is 3.67. The van der Waals surface area contributed by atoms with Crippen LogP contribution < -0.4 is 20.7 Å². The summed E-state index contributed by atoms with van der Waals surface area (Å²) in [7, 11) is 0. The summed E-state index contributed by atoms with van der Waals surface area (Å²) in [6.45, 7) is 2.55. The fraction of sp³-hybridized carbons (Fsp3) is 0.222. The number of amides is 2. The first-order valence-corrected chi connectivity index (χ1v) is 8.79. The van der Waals surface area contributed by atoms with Gasteiger partial charge in [0.2, 0.25) is 0 Å². The topological polar surface area (TPSA) is 106 Å². The quantitative estimate of drug-likeness (QED) is 0.506. The molecule has 0 aliphatic rings. The Morgan fingerprint density at radius 3 is 2.43 bits per heavy atom. The van der Waals surface area contributed by atoms with Crippen LogP contribution in [0.2, 0.25) is 0 Å². The van der Waals surface area contributed by atoms with Gasteiger partial charge >= 0.3 is 12.4 Å². The Bertz CT molecular complexity index is 973. The number of nitrogens with zero attached hydrogens (tertiary/aromatic N) is 4. The molecular formula is C18H18F3N7O2. The second-order valence-corrected chi connectivity index (χ2v) is 6.06. The van der Waals surface area contributed by atoms with Crippen molar-refractivity contribution in [2.45, 2.75) is 13.3 Å². The summed E-state index contributed by atoms with van der Waals surface area (Å²) < 4.78 is 41.8. The van der Waals surface area contributed by atoms with Crippen LogP contribution in [0.1, 0.15) is 5.69 Å². The highest BCUT2D eigenvalue weighted by Gasteiger charge is 2.30. The molecule has 0 saturated heterocycles. The molecule has 0 aliphatic heterocycles. The lowest BCUT2D eigenvalue weighted by atomic mass is 10.3. The number of urea groups is 1. The zero-order valence-corrected chi connectivity index (χ0v) is 15.8. The molecule has 0 fully saturated rings. The van der Waals surface area contributed by atoms with Crippen molar-refractivity contribution in [1.82, 2.24) is 25.3 Å². The van der Waals surface area contributed by atoms with E-state index in [1.807, 2.05) is 13.0 Å². The number of carbonyl (C=O) groups excluding carboxylic acids is 1. The predicted molar refractivity (Wildman–Crippen MR) is 103 cm³/mol. The maximum absolute atomic E-state index is 12.1. The van der Waals surface area contributed by atoms with Crippen molar-refractivity contribution in [3.63, 3.8) is 0 Å². The molecule has 3 aromatic rings. The van der Waals surface area contributed by atoms with Crippen molar-refractivity contribution in [2.24, 2.45) is 0 Å². The molecule has 1 aromatic carbocycles. The van der Waals surface area contributed by atoms with E-state index in [-0.39, 0.29) is 12.3 Å². The molecule has 0 radical (unpaired) electrons. The second kappa shape index (κ2) is 9.11. The monoisotopic (exact) mass is 421 g/mol. The zero-order chi connectivity index (χ0) is 21.6. The van der Waals surface area contributed by atoms with Crippen LogP contribution in [0.15, 0.2) is 48.7 Å². The van der Waals surface area contributed by atoms with Crippen molar-refractivity contribution >= 4 is 17.5 Å². The molecule has 9 nitrogen and oxygen atoms in total. The lowest BCUT2D eigenvalue weighted by Gasteiger charge is -2.11. The summed E-state index contributed by atoms with van der Waals surface area (Å²) >= 11 is 0. The van der Waals surface area contributed by atoms with Crippen LogP contribution in [-0.4, -0.2) is 45.5 Å². The van der Waals surface area contributed by atoms with Crippen LogP contribution in [0.5, 0.6) is 5.75 Å². The van der Waals surface area contributed by atoms with Crippen molar-refractivity contribution in [1.29, 1.82) is 0 Å². The number of halogens is 3. The minimum Gasteiger partial charge on any atom is -0.406 e. The molecule has 3 rings (SSSR count). The molecule has 30 heavy (non-hydrogen) atoms. The van der Waals surface area contributed by atoms with Gasteiger partial charge in [-0.1, -0.05) is 0 Å². The Kier molecular flexibility index (Phi) is 6.35. The van der Waals surface area contributed by atoms with Crippen LogP contribution in [-0.2, 0) is 0 Å². The van der Waals surface area contributed by atoms with E-state index in [0.717, 1.165) is 17.8 Å². The normalized spacial score (nSPS) is 11.1. The lowest BCUT2D eigenvalue weighted by Crippen LogP contribution is -2.32. The summed E-state index contributed by atoms with van der Waals surface area (Å²) in [5.41, 5.74) is 1.19. The molecule has 0 atom stereocenters. The van der Waals surface area contributed by atoms with Crippen LogP contribution >= 0.6 is 0 Å². The molecule has 2 aromatic heterocycles. The Morgan fingerprint density at radius 2 is 1.83 bits per heavy atom. The SMILES string of the molecule is Cc1ccn(-c2ccc(NCCNC(=O)Nc3ccc(OC(F)(F)F)cc3)nn2)n1. The Hall–Kier alpha value is -3.83. The van der Waals surface area contributed by atoms with E-state index < -0.39 is 12.4 Å². The predicted octanol–water partition coefficient (Wildman–Crippen LogP) is 3.10. The number of ether oxygens (including phenoxy) is 1. The molecule has 2 heterocycles. The van der Waals surface area contributed by atoms with Crippen molar-refractivity contribution in [2.75, 3.05) is 23.7 Å². The van der Waals surface area contributed by atoms with E-state index in [1.54, 1.807) is 23.0 Å². The summed E-state index contributed by atoms with van der Waals surface area (Å²) in [6.07, 6.45) is -2.98. The molecule has 0 spiro atoms. The number of nitrogens with one attached hydrogen (secondary N) is 3. The third-order valence-corrected chi connectivity index (χ3v) is 3.67. The third kappa shape index (κ3) is 6.36. The number of hydrogen-bond donors (Lipinski definition) is 3. The summed E-state index contributed by atoms with van der Waals surface area (Å²) in [4.78, 5) is 11.8. The highest BCUT2D eigenvalue weighted by Crippen LogP contribution is 2.23. The molecule has 0 unspecified atom stereocenters. The van der Waals surface area contributed by atoms with Gasteiger partial charge < -0.3 is 20.7 Å². The Morgan fingerprint density at radius 1 is 1.07 bits per heavy atom. The fourth-order valence-electron chi connectivity index (χ4n) is 2.37. The van der Waals surface area contributed by atoms with E-state index in [0.29, 0.717) is 23.9 Å². The minimum absolute atomic E-state index is 0.281. The molecule has 0 saturated carbocycles. The van der Waals surface area contributed by atoms with Crippen molar-refractivity contribution in [3.8, 4) is 11.6 Å². The zero-order valence-electron chi connectivity index (χ0n) is 15.8. The van der Waals surface area contributed by atoms with Crippen LogP contribution in [0, 0.1) is 6.92 Å². The fourth-order valence-corrected chi connectivity index (χ4v) is 2.37. The maximum atomic E-state index is 12.1. The van der Waals surface area contributed by atoms with Crippen LogP contribution in [0.3, 0.4) is 0 Å². The van der Waals surface area contributed by atoms with Crippen LogP contribution in [0.4, 0.5) is 29.5 Å². The maximum Gasteiger partial charge on any atom is 0.573 e. The Balaban J connectivity index is 1.38. The lowest BCUT2D eigenvalue weighted by molar-refractivity contribution is -0.274. The highest BCUT2D eigenvalue weighted by molar-refractivity contribution is 5.89. The number of carbonyl (C=O) groups is 1. The van der Waals surface area contributed by atoms with Gasteiger partial charge in [-0.05, 0) is 49.4 Å². The van der Waals surface area contributed by atoms with E-state index >= 15 is 0 Å². The molecule has 12 heteroatoms. The molecule has 2 amide bonds. The number of hydrogen-bond acceptors (Lipinski definition) is 6. The molecular weight excluding hydrogens is 403 g/mol. The van der Waals surface area contributed by atoms with E-state index in [2.05, 4.69) is 36.0 Å². The van der Waals surface area contributed by atoms with Gasteiger partial charge in [-0.25, -0.2) is 9.48 Å². The molecule has 0 aliphatic carbocycles. The largest absolute Gasteiger partial charge is 0.573 e.